The highest BCUT2D eigenvalue weighted by Crippen LogP contribution is 2.19. The first kappa shape index (κ1) is 17.2. The summed E-state index contributed by atoms with van der Waals surface area (Å²) in [5.74, 6) is 0.989. The van der Waals surface area contributed by atoms with Crippen molar-refractivity contribution in [1.29, 1.82) is 0 Å². The van der Waals surface area contributed by atoms with Crippen molar-refractivity contribution in [1.82, 2.24) is 14.3 Å². The van der Waals surface area contributed by atoms with E-state index in [9.17, 15) is 0 Å². The van der Waals surface area contributed by atoms with Gasteiger partial charge < -0.3 is 9.15 Å². The van der Waals surface area contributed by atoms with Gasteiger partial charge >= 0.3 is 0 Å². The Morgan fingerprint density at radius 3 is 3.00 bits per heavy atom. The van der Waals surface area contributed by atoms with Crippen molar-refractivity contribution in [3.05, 3.63) is 47.1 Å². The summed E-state index contributed by atoms with van der Waals surface area (Å²) in [5, 5.41) is 2.08. The van der Waals surface area contributed by atoms with E-state index in [-0.39, 0.29) is 6.10 Å². The predicted octanol–water partition coefficient (Wildman–Crippen LogP) is 4.11. The van der Waals surface area contributed by atoms with Crippen molar-refractivity contribution in [3.8, 4) is 0 Å². The van der Waals surface area contributed by atoms with Gasteiger partial charge in [0, 0.05) is 31.3 Å². The Balaban J connectivity index is 1.68. The molecule has 0 radical (unpaired) electrons. The fraction of sp³-hybridized carbons (Fsp3) is 0.500. The Morgan fingerprint density at radius 2 is 2.25 bits per heavy atom. The van der Waals surface area contributed by atoms with Gasteiger partial charge in [0.2, 0.25) is 0 Å². The molecule has 0 aliphatic rings. The summed E-state index contributed by atoms with van der Waals surface area (Å²) in [4.78, 5) is 8.11. The van der Waals surface area contributed by atoms with Crippen LogP contribution in [0.25, 0.3) is 4.96 Å². The topological polar surface area (TPSA) is 42.9 Å². The summed E-state index contributed by atoms with van der Waals surface area (Å²) in [6.45, 7) is 9.63. The van der Waals surface area contributed by atoms with E-state index >= 15 is 0 Å². The average Bonchev–Trinajstić information content (AvgIpc) is 3.24. The lowest BCUT2D eigenvalue weighted by molar-refractivity contribution is 0.0685. The smallest absolute Gasteiger partial charge is 0.194 e. The Hall–Kier alpha value is -1.63. The van der Waals surface area contributed by atoms with E-state index in [2.05, 4.69) is 46.6 Å². The number of fused-ring (bicyclic) bond motifs is 1. The molecule has 3 heterocycles. The summed E-state index contributed by atoms with van der Waals surface area (Å²) in [7, 11) is 0. The van der Waals surface area contributed by atoms with Crippen molar-refractivity contribution in [2.75, 3.05) is 13.2 Å². The molecule has 0 aliphatic heterocycles. The molecule has 3 aromatic heterocycles. The zero-order valence-electron chi connectivity index (χ0n) is 14.6. The van der Waals surface area contributed by atoms with Crippen LogP contribution in [0.2, 0.25) is 0 Å². The minimum Gasteiger partial charge on any atom is -0.468 e. The van der Waals surface area contributed by atoms with E-state index in [1.165, 1.54) is 5.69 Å². The van der Waals surface area contributed by atoms with Crippen LogP contribution in [0, 0.1) is 6.92 Å². The quantitative estimate of drug-likeness (QED) is 0.546. The highest BCUT2D eigenvalue weighted by Gasteiger charge is 2.15. The second-order valence-electron chi connectivity index (χ2n) is 6.26. The molecule has 0 spiro atoms. The third-order valence-corrected chi connectivity index (χ3v) is 4.72. The van der Waals surface area contributed by atoms with Crippen LogP contribution in [-0.4, -0.2) is 33.5 Å². The van der Waals surface area contributed by atoms with Crippen molar-refractivity contribution >= 4 is 16.3 Å². The van der Waals surface area contributed by atoms with Gasteiger partial charge in [-0.3, -0.25) is 9.30 Å². The van der Waals surface area contributed by atoms with Gasteiger partial charge in [0.25, 0.3) is 0 Å². The molecular weight excluding hydrogens is 322 g/mol. The zero-order valence-corrected chi connectivity index (χ0v) is 15.4. The summed E-state index contributed by atoms with van der Waals surface area (Å²) < 4.78 is 13.4. The fourth-order valence-electron chi connectivity index (χ4n) is 2.79. The number of rotatable bonds is 9. The minimum absolute atomic E-state index is 0.283. The summed E-state index contributed by atoms with van der Waals surface area (Å²) >= 11 is 1.67. The maximum Gasteiger partial charge on any atom is 0.194 e. The van der Waals surface area contributed by atoms with Crippen molar-refractivity contribution < 1.29 is 9.15 Å². The summed E-state index contributed by atoms with van der Waals surface area (Å²) in [6, 6.07) is 3.97. The Kier molecular flexibility index (Phi) is 5.71. The number of aryl methyl sites for hydroxylation is 1. The van der Waals surface area contributed by atoms with Gasteiger partial charge in [0.1, 0.15) is 5.76 Å². The second-order valence-corrected chi connectivity index (χ2v) is 7.14. The zero-order chi connectivity index (χ0) is 16.9. The Morgan fingerprint density at radius 1 is 1.38 bits per heavy atom. The number of nitrogens with zero attached hydrogens (tertiary/aromatic N) is 3. The van der Waals surface area contributed by atoms with E-state index in [1.54, 1.807) is 17.6 Å². The molecule has 6 heteroatoms. The van der Waals surface area contributed by atoms with Gasteiger partial charge in [0.15, 0.2) is 4.96 Å². The number of hydrogen-bond donors (Lipinski definition) is 0. The van der Waals surface area contributed by atoms with Crippen LogP contribution in [0.5, 0.6) is 0 Å². The molecule has 0 amide bonds. The second kappa shape index (κ2) is 7.96. The molecule has 0 fully saturated rings. The third-order valence-electron chi connectivity index (χ3n) is 3.96. The monoisotopic (exact) mass is 347 g/mol. The van der Waals surface area contributed by atoms with Crippen LogP contribution < -0.4 is 0 Å². The molecule has 3 aromatic rings. The van der Waals surface area contributed by atoms with Crippen molar-refractivity contribution in [3.63, 3.8) is 0 Å². The fourth-order valence-corrected chi connectivity index (χ4v) is 3.57. The van der Waals surface area contributed by atoms with E-state index in [0.717, 1.165) is 49.1 Å². The van der Waals surface area contributed by atoms with Gasteiger partial charge in [-0.05, 0) is 39.3 Å². The van der Waals surface area contributed by atoms with Crippen LogP contribution in [0.15, 0.2) is 34.4 Å². The largest absolute Gasteiger partial charge is 0.468 e. The maximum absolute atomic E-state index is 5.68. The molecule has 0 saturated heterocycles. The van der Waals surface area contributed by atoms with E-state index in [4.69, 9.17) is 9.15 Å². The van der Waals surface area contributed by atoms with Crippen LogP contribution in [0.1, 0.15) is 37.4 Å². The molecule has 24 heavy (non-hydrogen) atoms. The Labute approximate surface area is 146 Å². The molecule has 0 unspecified atom stereocenters. The van der Waals surface area contributed by atoms with E-state index in [1.807, 2.05) is 12.1 Å². The standard InChI is InChI=1S/C18H25N3O2S/c1-14(2)22-10-5-7-20(12-16-6-4-9-23-16)13-17-15(3)19-18-21(17)8-11-24-18/h4,6,8-9,11,14H,5,7,10,12-13H2,1-3H3. The molecule has 0 aromatic carbocycles. The van der Waals surface area contributed by atoms with Crippen LogP contribution in [0.3, 0.4) is 0 Å². The molecule has 0 bridgehead atoms. The van der Waals surface area contributed by atoms with Crippen molar-refractivity contribution in [2.45, 2.75) is 46.4 Å². The first-order chi connectivity index (χ1) is 11.6. The lowest BCUT2D eigenvalue weighted by Crippen LogP contribution is -2.26. The molecule has 130 valence electrons. The van der Waals surface area contributed by atoms with Gasteiger partial charge in [-0.15, -0.1) is 11.3 Å². The number of thiazole rings is 1. The Bertz CT molecular complexity index is 746. The van der Waals surface area contributed by atoms with Crippen LogP contribution in [0.4, 0.5) is 0 Å². The first-order valence-corrected chi connectivity index (χ1v) is 9.29. The van der Waals surface area contributed by atoms with Crippen LogP contribution >= 0.6 is 11.3 Å². The molecular formula is C18H25N3O2S. The highest BCUT2D eigenvalue weighted by molar-refractivity contribution is 7.15. The minimum atomic E-state index is 0.283. The number of furan rings is 1. The van der Waals surface area contributed by atoms with Gasteiger partial charge in [-0.25, -0.2) is 4.98 Å². The first-order valence-electron chi connectivity index (χ1n) is 8.41. The molecule has 0 atom stereocenters. The van der Waals surface area contributed by atoms with Gasteiger partial charge in [-0.1, -0.05) is 0 Å². The number of hydrogen-bond acceptors (Lipinski definition) is 5. The number of ether oxygens (including phenoxy) is 1. The average molecular weight is 347 g/mol. The molecule has 0 aliphatic carbocycles. The predicted molar refractivity (Wildman–Crippen MR) is 96.3 cm³/mol. The maximum atomic E-state index is 5.68. The van der Waals surface area contributed by atoms with Gasteiger partial charge in [-0.2, -0.15) is 0 Å². The van der Waals surface area contributed by atoms with E-state index < -0.39 is 0 Å². The lowest BCUT2D eigenvalue weighted by atomic mass is 10.2. The molecule has 3 rings (SSSR count). The third kappa shape index (κ3) is 4.26. The van der Waals surface area contributed by atoms with Crippen LogP contribution in [-0.2, 0) is 17.8 Å². The normalized spacial score (nSPS) is 12.0. The van der Waals surface area contributed by atoms with Crippen molar-refractivity contribution in [2.24, 2.45) is 0 Å². The van der Waals surface area contributed by atoms with E-state index in [0.29, 0.717) is 0 Å². The molecule has 5 nitrogen and oxygen atoms in total. The SMILES string of the molecule is Cc1nc2sccn2c1CN(CCCOC(C)C)Cc1ccco1. The lowest BCUT2D eigenvalue weighted by Gasteiger charge is -2.21. The highest BCUT2D eigenvalue weighted by atomic mass is 32.1. The molecule has 0 N–H and O–H groups in total. The van der Waals surface area contributed by atoms with Gasteiger partial charge in [0.05, 0.1) is 30.3 Å². The number of aromatic nitrogens is 2. The molecule has 0 saturated carbocycles. The number of imidazole rings is 1. The summed E-state index contributed by atoms with van der Waals surface area (Å²) in [6.07, 6.45) is 5.12. The summed E-state index contributed by atoms with van der Waals surface area (Å²) in [5.41, 5.74) is 2.35.